The molecule has 0 bridgehead atoms. The van der Waals surface area contributed by atoms with E-state index in [1.54, 1.807) is 0 Å². The number of rotatable bonds is 4. The molecule has 0 atom stereocenters. The fourth-order valence-corrected chi connectivity index (χ4v) is 3.31. The summed E-state index contributed by atoms with van der Waals surface area (Å²) in [6.07, 6.45) is 2.52. The summed E-state index contributed by atoms with van der Waals surface area (Å²) in [7, 11) is 7.17. The lowest BCUT2D eigenvalue weighted by Gasteiger charge is -2.44. The molecule has 1 aromatic carbocycles. The molecule has 2 heteroatoms. The summed E-state index contributed by atoms with van der Waals surface area (Å²) in [6.45, 7) is 21.5. The minimum atomic E-state index is 0.260. The van der Waals surface area contributed by atoms with Gasteiger partial charge in [-0.15, -0.1) is 0 Å². The van der Waals surface area contributed by atoms with Crippen LogP contribution in [0.2, 0.25) is 0 Å². The van der Waals surface area contributed by atoms with Gasteiger partial charge in [0.15, 0.2) is 0 Å². The second-order valence-electron chi connectivity index (χ2n) is 9.22. The third kappa shape index (κ3) is 8.68. The molecule has 0 aromatic heterocycles. The standard InChI is InChI=1S/C20H36N2.2C2H6/c1-20(2,3)19-11-9-18(10-12-19)8-7-13-22(6)16-14-21(4,5)15-17-22;2*1-2/h9-12H,7-8,13-17H2,1-6H3;2*1-2H3/q+2;;. The molecular formula is C24H48N2+2. The second kappa shape index (κ2) is 11.1. The average Bonchev–Trinajstić information content (AvgIpc) is 2.61. The molecule has 1 aliphatic rings. The van der Waals surface area contributed by atoms with E-state index in [0.717, 1.165) is 0 Å². The molecule has 0 N–H and O–H groups in total. The zero-order chi connectivity index (χ0) is 20.4. The Morgan fingerprint density at radius 2 is 1.23 bits per heavy atom. The van der Waals surface area contributed by atoms with Gasteiger partial charge < -0.3 is 8.97 Å². The van der Waals surface area contributed by atoms with Crippen LogP contribution in [0.25, 0.3) is 0 Å². The largest absolute Gasteiger partial charge is 0.319 e. The molecule has 0 spiro atoms. The molecule has 1 fully saturated rings. The molecule has 0 aliphatic carbocycles. The summed E-state index contributed by atoms with van der Waals surface area (Å²) < 4.78 is 2.46. The second-order valence-corrected chi connectivity index (χ2v) is 9.22. The van der Waals surface area contributed by atoms with E-state index in [9.17, 15) is 0 Å². The Hall–Kier alpha value is -0.860. The van der Waals surface area contributed by atoms with Crippen LogP contribution in [-0.4, -0.2) is 62.8 Å². The van der Waals surface area contributed by atoms with Crippen molar-refractivity contribution in [3.8, 4) is 0 Å². The van der Waals surface area contributed by atoms with Crippen LogP contribution >= 0.6 is 0 Å². The lowest BCUT2D eigenvalue weighted by molar-refractivity contribution is -1.01. The van der Waals surface area contributed by atoms with Crippen LogP contribution in [0.15, 0.2) is 24.3 Å². The number of benzene rings is 1. The van der Waals surface area contributed by atoms with E-state index in [0.29, 0.717) is 0 Å². The van der Waals surface area contributed by atoms with Crippen LogP contribution in [0, 0.1) is 0 Å². The Bertz CT molecular complexity index is 470. The maximum Gasteiger partial charge on any atom is 0.128 e. The van der Waals surface area contributed by atoms with E-state index < -0.39 is 0 Å². The van der Waals surface area contributed by atoms with Crippen molar-refractivity contribution in [2.45, 2.75) is 66.7 Å². The third-order valence-electron chi connectivity index (χ3n) is 5.47. The van der Waals surface area contributed by atoms with Crippen molar-refractivity contribution in [1.82, 2.24) is 0 Å². The van der Waals surface area contributed by atoms with Crippen molar-refractivity contribution in [2.24, 2.45) is 0 Å². The predicted octanol–water partition coefficient (Wildman–Crippen LogP) is 5.51. The van der Waals surface area contributed by atoms with Crippen molar-refractivity contribution in [3.05, 3.63) is 35.4 Å². The summed E-state index contributed by atoms with van der Waals surface area (Å²) >= 11 is 0. The quantitative estimate of drug-likeness (QED) is 0.618. The van der Waals surface area contributed by atoms with Crippen LogP contribution < -0.4 is 0 Å². The number of nitrogens with zero attached hydrogens (tertiary/aromatic N) is 2. The van der Waals surface area contributed by atoms with Crippen LogP contribution in [0.5, 0.6) is 0 Å². The predicted molar refractivity (Wildman–Crippen MR) is 119 cm³/mol. The van der Waals surface area contributed by atoms with E-state index in [-0.39, 0.29) is 5.41 Å². The van der Waals surface area contributed by atoms with E-state index in [2.05, 4.69) is 66.2 Å². The van der Waals surface area contributed by atoms with Gasteiger partial charge in [0.05, 0.1) is 27.7 Å². The van der Waals surface area contributed by atoms with E-state index in [4.69, 9.17) is 0 Å². The van der Waals surface area contributed by atoms with Crippen LogP contribution in [0.4, 0.5) is 0 Å². The summed E-state index contributed by atoms with van der Waals surface area (Å²) in [5.41, 5.74) is 3.19. The van der Waals surface area contributed by atoms with Crippen molar-refractivity contribution in [2.75, 3.05) is 53.9 Å². The smallest absolute Gasteiger partial charge is 0.128 e. The minimum absolute atomic E-state index is 0.260. The number of hydrogen-bond donors (Lipinski definition) is 0. The Balaban J connectivity index is 0.00000146. The molecule has 1 aromatic rings. The maximum atomic E-state index is 2.45. The monoisotopic (exact) mass is 364 g/mol. The van der Waals surface area contributed by atoms with E-state index >= 15 is 0 Å². The number of hydrogen-bond acceptors (Lipinski definition) is 0. The number of likely N-dealkylation sites (N-methyl/N-ethyl adjacent to an activating group) is 2. The van der Waals surface area contributed by atoms with Gasteiger partial charge >= 0.3 is 0 Å². The first kappa shape index (κ1) is 25.1. The fourth-order valence-electron chi connectivity index (χ4n) is 3.31. The molecule has 26 heavy (non-hydrogen) atoms. The fraction of sp³-hybridized carbons (Fsp3) is 0.750. The van der Waals surface area contributed by atoms with E-state index in [1.165, 1.54) is 65.7 Å². The Labute approximate surface area is 165 Å². The molecule has 152 valence electrons. The first-order chi connectivity index (χ1) is 12.1. The highest BCUT2D eigenvalue weighted by atomic mass is 15.4. The zero-order valence-electron chi connectivity index (χ0n) is 19.7. The van der Waals surface area contributed by atoms with Gasteiger partial charge in [0, 0.05) is 6.42 Å². The van der Waals surface area contributed by atoms with Gasteiger partial charge in [-0.3, -0.25) is 0 Å². The zero-order valence-corrected chi connectivity index (χ0v) is 19.7. The van der Waals surface area contributed by atoms with Crippen molar-refractivity contribution < 1.29 is 8.97 Å². The highest BCUT2D eigenvalue weighted by molar-refractivity contribution is 5.27. The molecule has 0 radical (unpaired) electrons. The van der Waals surface area contributed by atoms with Gasteiger partial charge in [-0.1, -0.05) is 72.7 Å². The molecular weight excluding hydrogens is 316 g/mol. The summed E-state index contributed by atoms with van der Waals surface area (Å²) in [5.74, 6) is 0. The normalized spacial score (nSPS) is 18.1. The number of quaternary nitrogens is 2. The van der Waals surface area contributed by atoms with Gasteiger partial charge in [0.2, 0.25) is 0 Å². The average molecular weight is 365 g/mol. The first-order valence-corrected chi connectivity index (χ1v) is 10.8. The first-order valence-electron chi connectivity index (χ1n) is 10.8. The van der Waals surface area contributed by atoms with E-state index in [1.807, 2.05) is 27.7 Å². The minimum Gasteiger partial charge on any atom is -0.319 e. The van der Waals surface area contributed by atoms with Crippen molar-refractivity contribution in [1.29, 1.82) is 0 Å². The number of aryl methyl sites for hydroxylation is 1. The Morgan fingerprint density at radius 1 is 0.769 bits per heavy atom. The lowest BCUT2D eigenvalue weighted by Crippen LogP contribution is -2.62. The summed E-state index contributed by atoms with van der Waals surface area (Å²) in [5, 5.41) is 0. The lowest BCUT2D eigenvalue weighted by atomic mass is 9.86. The Morgan fingerprint density at radius 3 is 1.65 bits per heavy atom. The molecule has 0 saturated carbocycles. The van der Waals surface area contributed by atoms with Gasteiger partial charge in [0.25, 0.3) is 0 Å². The molecule has 1 saturated heterocycles. The topological polar surface area (TPSA) is 0 Å². The summed E-state index contributed by atoms with van der Waals surface area (Å²) in [4.78, 5) is 0. The summed E-state index contributed by atoms with van der Waals surface area (Å²) in [6, 6.07) is 9.28. The highest BCUT2D eigenvalue weighted by Gasteiger charge is 2.33. The van der Waals surface area contributed by atoms with Crippen molar-refractivity contribution in [3.63, 3.8) is 0 Å². The molecule has 0 amide bonds. The molecule has 1 aliphatic heterocycles. The SMILES string of the molecule is CC.CC.CC(C)(C)c1ccc(CCC[N+]2(C)CC[N+](C)(C)CC2)cc1. The van der Waals surface area contributed by atoms with Gasteiger partial charge in [-0.2, -0.15) is 0 Å². The van der Waals surface area contributed by atoms with Crippen LogP contribution in [-0.2, 0) is 11.8 Å². The highest BCUT2D eigenvalue weighted by Crippen LogP contribution is 2.22. The van der Waals surface area contributed by atoms with Gasteiger partial charge in [0.1, 0.15) is 26.2 Å². The molecule has 2 rings (SSSR count). The van der Waals surface area contributed by atoms with Gasteiger partial charge in [-0.05, 0) is 23.0 Å². The molecule has 2 nitrogen and oxygen atoms in total. The van der Waals surface area contributed by atoms with Crippen LogP contribution in [0.1, 0.15) is 66.0 Å². The molecule has 0 unspecified atom stereocenters. The van der Waals surface area contributed by atoms with Crippen molar-refractivity contribution >= 4 is 0 Å². The third-order valence-corrected chi connectivity index (χ3v) is 5.47. The number of piperazine rings is 1. The van der Waals surface area contributed by atoms with Gasteiger partial charge in [-0.25, -0.2) is 0 Å². The van der Waals surface area contributed by atoms with Crippen LogP contribution in [0.3, 0.4) is 0 Å². The molecule has 1 heterocycles. The maximum absolute atomic E-state index is 2.45. The Kier molecular flexibility index (Phi) is 10.7.